The van der Waals surface area contributed by atoms with Gasteiger partial charge >= 0.3 is 6.09 Å². The van der Waals surface area contributed by atoms with Crippen molar-refractivity contribution in [2.24, 2.45) is 0 Å². The van der Waals surface area contributed by atoms with Gasteiger partial charge in [-0.25, -0.2) is 4.79 Å². The van der Waals surface area contributed by atoms with Crippen molar-refractivity contribution >= 4 is 47.8 Å². The molecule has 9 heteroatoms. The molecule has 36 heavy (non-hydrogen) atoms. The first kappa shape index (κ1) is 29.1. The van der Waals surface area contributed by atoms with Gasteiger partial charge < -0.3 is 15.4 Å². The number of ether oxygens (including phenoxy) is 1. The predicted octanol–water partition coefficient (Wildman–Crippen LogP) is 5.19. The first-order valence-electron chi connectivity index (χ1n) is 11.3. The predicted molar refractivity (Wildman–Crippen MR) is 146 cm³/mol. The normalized spacial score (nSPS) is 12.6. The Morgan fingerprint density at radius 1 is 1.14 bits per heavy atom. The number of alkyl carbamates (subject to hydrolysis) is 1. The summed E-state index contributed by atoms with van der Waals surface area (Å²) in [6.45, 7) is 10.7. The van der Waals surface area contributed by atoms with Gasteiger partial charge in [-0.05, 0) is 64.3 Å². The summed E-state index contributed by atoms with van der Waals surface area (Å²) >= 11 is 10.5. The van der Waals surface area contributed by atoms with Crippen LogP contribution in [0.5, 0.6) is 0 Å². The highest BCUT2D eigenvalue weighted by Crippen LogP contribution is 2.30. The summed E-state index contributed by atoms with van der Waals surface area (Å²) in [5.41, 5.74) is 2.67. The first-order valence-corrected chi connectivity index (χ1v) is 12.3. The van der Waals surface area contributed by atoms with Crippen molar-refractivity contribution in [3.63, 3.8) is 0 Å². The number of anilines is 1. The third-order valence-electron chi connectivity index (χ3n) is 5.24. The minimum atomic E-state index is -1.21. The molecule has 0 aliphatic heterocycles. The second-order valence-corrected chi connectivity index (χ2v) is 10.2. The molecule has 2 N–H and O–H groups in total. The molecule has 0 saturated heterocycles. The van der Waals surface area contributed by atoms with Crippen molar-refractivity contribution in [2.45, 2.75) is 59.2 Å². The fraction of sp³-hybridized carbons (Fsp3) is 0.370. The first-order chi connectivity index (χ1) is 16.8. The van der Waals surface area contributed by atoms with E-state index in [0.29, 0.717) is 16.3 Å². The summed E-state index contributed by atoms with van der Waals surface area (Å²) in [7, 11) is 0. The molecule has 0 radical (unpaired) electrons. The molecule has 2 rings (SSSR count). The van der Waals surface area contributed by atoms with Crippen LogP contribution in [0.25, 0.3) is 0 Å². The summed E-state index contributed by atoms with van der Waals surface area (Å²) in [4.78, 5) is 40.5. The second-order valence-electron chi connectivity index (χ2n) is 9.40. The average Bonchev–Trinajstić information content (AvgIpc) is 2.77. The molecular formula is C27H32ClN3O4S. The topological polar surface area (TPSA) is 87.7 Å². The third kappa shape index (κ3) is 7.42. The maximum absolute atomic E-state index is 13.7. The second kappa shape index (κ2) is 12.2. The number of terminal acetylenes is 1. The Kier molecular flexibility index (Phi) is 9.85. The van der Waals surface area contributed by atoms with E-state index >= 15 is 0 Å². The monoisotopic (exact) mass is 529 g/mol. The Labute approximate surface area is 223 Å². The molecule has 0 spiro atoms. The number of thiol groups is 1. The van der Waals surface area contributed by atoms with Crippen LogP contribution in [0, 0.1) is 33.2 Å². The van der Waals surface area contributed by atoms with Gasteiger partial charge in [-0.1, -0.05) is 53.9 Å². The smallest absolute Gasteiger partial charge is 0.408 e. The van der Waals surface area contributed by atoms with E-state index < -0.39 is 35.6 Å². The molecule has 2 aromatic rings. The Morgan fingerprint density at radius 2 is 1.81 bits per heavy atom. The molecule has 0 aromatic heterocycles. The molecule has 0 aliphatic carbocycles. The Hall–Kier alpha value is -3.15. The van der Waals surface area contributed by atoms with Crippen LogP contribution in [0.2, 0.25) is 5.02 Å². The van der Waals surface area contributed by atoms with Gasteiger partial charge in [0.2, 0.25) is 0 Å². The summed E-state index contributed by atoms with van der Waals surface area (Å²) in [5.74, 6) is -1.31. The SMILES string of the molecule is C#CN(C(=O)C(CS)NC(=O)OC(C)(C)C)C(C(=O)Nc1c(C)cccc1Cl)c1ccc(C)cc1C. The molecule has 0 aliphatic rings. The van der Waals surface area contributed by atoms with Gasteiger partial charge in [0.25, 0.3) is 11.8 Å². The van der Waals surface area contributed by atoms with Crippen LogP contribution in [0.4, 0.5) is 10.5 Å². The van der Waals surface area contributed by atoms with Gasteiger partial charge in [-0.3, -0.25) is 14.5 Å². The van der Waals surface area contributed by atoms with Crippen LogP contribution in [0.1, 0.15) is 49.1 Å². The fourth-order valence-electron chi connectivity index (χ4n) is 3.58. The molecule has 2 unspecified atom stereocenters. The molecule has 0 fully saturated rings. The van der Waals surface area contributed by atoms with Gasteiger partial charge in [0, 0.05) is 11.8 Å². The molecule has 3 amide bonds. The van der Waals surface area contributed by atoms with Crippen molar-refractivity contribution in [3.05, 3.63) is 63.7 Å². The lowest BCUT2D eigenvalue weighted by atomic mass is 9.96. The zero-order valence-corrected chi connectivity index (χ0v) is 23.0. The van der Waals surface area contributed by atoms with Gasteiger partial charge in [0.1, 0.15) is 17.7 Å². The van der Waals surface area contributed by atoms with E-state index in [2.05, 4.69) is 29.3 Å². The molecule has 0 heterocycles. The molecule has 0 saturated carbocycles. The van der Waals surface area contributed by atoms with E-state index in [1.807, 2.05) is 26.0 Å². The van der Waals surface area contributed by atoms with Crippen molar-refractivity contribution in [2.75, 3.05) is 11.1 Å². The molecule has 2 aromatic carbocycles. The minimum Gasteiger partial charge on any atom is -0.444 e. The lowest BCUT2D eigenvalue weighted by Gasteiger charge is -2.31. The van der Waals surface area contributed by atoms with E-state index in [0.717, 1.165) is 21.6 Å². The highest BCUT2D eigenvalue weighted by atomic mass is 35.5. The molecule has 0 bridgehead atoms. The van der Waals surface area contributed by atoms with Crippen LogP contribution >= 0.6 is 24.2 Å². The van der Waals surface area contributed by atoms with Crippen molar-refractivity contribution in [3.8, 4) is 12.5 Å². The molecule has 2 atom stereocenters. The number of carbonyl (C=O) groups is 3. The Morgan fingerprint density at radius 3 is 2.33 bits per heavy atom. The Balaban J connectivity index is 2.50. The number of nitrogens with one attached hydrogen (secondary N) is 2. The number of halogens is 1. The average molecular weight is 530 g/mol. The van der Waals surface area contributed by atoms with Gasteiger partial charge in [-0.2, -0.15) is 12.6 Å². The third-order valence-corrected chi connectivity index (χ3v) is 5.92. The van der Waals surface area contributed by atoms with Crippen molar-refractivity contribution in [1.82, 2.24) is 10.2 Å². The minimum absolute atomic E-state index is 0.0684. The Bertz CT molecular complexity index is 1170. The van der Waals surface area contributed by atoms with Gasteiger partial charge in [0.05, 0.1) is 10.7 Å². The van der Waals surface area contributed by atoms with Crippen LogP contribution in [0.3, 0.4) is 0 Å². The maximum Gasteiger partial charge on any atom is 0.408 e. The number of nitrogens with zero attached hydrogens (tertiary/aromatic N) is 1. The number of rotatable bonds is 7. The van der Waals surface area contributed by atoms with Crippen LogP contribution in [-0.4, -0.2) is 40.2 Å². The highest BCUT2D eigenvalue weighted by molar-refractivity contribution is 7.80. The fourth-order valence-corrected chi connectivity index (χ4v) is 4.10. The zero-order chi connectivity index (χ0) is 27.2. The van der Waals surface area contributed by atoms with Crippen molar-refractivity contribution < 1.29 is 19.1 Å². The summed E-state index contributed by atoms with van der Waals surface area (Å²) in [6, 6.07) is 10.7. The number of hydrogen-bond acceptors (Lipinski definition) is 5. The lowest BCUT2D eigenvalue weighted by molar-refractivity contribution is -0.136. The lowest BCUT2D eigenvalue weighted by Crippen LogP contribution is -2.51. The summed E-state index contributed by atoms with van der Waals surface area (Å²) in [5, 5.41) is 5.67. The van der Waals surface area contributed by atoms with Gasteiger partial charge in [0.15, 0.2) is 0 Å². The van der Waals surface area contributed by atoms with E-state index in [4.69, 9.17) is 22.8 Å². The van der Waals surface area contributed by atoms with E-state index in [1.165, 1.54) is 0 Å². The molecule has 7 nitrogen and oxygen atoms in total. The largest absolute Gasteiger partial charge is 0.444 e. The standard InChI is InChI=1S/C27H32ClN3O4S/c1-8-31(25(33)21(15-36)29-26(34)35-27(5,6)7)23(19-13-12-16(2)14-18(19)4)24(32)30-22-17(3)10-9-11-20(22)28/h1,9-14,21,23,36H,15H2,2-7H3,(H,29,34)(H,30,32). The van der Waals surface area contributed by atoms with E-state index in [-0.39, 0.29) is 5.75 Å². The van der Waals surface area contributed by atoms with Crippen LogP contribution in [0.15, 0.2) is 36.4 Å². The number of benzene rings is 2. The molecule has 192 valence electrons. The van der Waals surface area contributed by atoms with Crippen LogP contribution < -0.4 is 10.6 Å². The van der Waals surface area contributed by atoms with Crippen molar-refractivity contribution in [1.29, 1.82) is 0 Å². The zero-order valence-electron chi connectivity index (χ0n) is 21.3. The summed E-state index contributed by atoms with van der Waals surface area (Å²) < 4.78 is 5.26. The number of carbonyl (C=O) groups excluding carboxylic acids is 3. The van der Waals surface area contributed by atoms with Crippen LogP contribution in [-0.2, 0) is 14.3 Å². The number of aryl methyl sites for hydroxylation is 3. The number of para-hydroxylation sites is 1. The maximum atomic E-state index is 13.7. The number of hydrogen-bond donors (Lipinski definition) is 3. The van der Waals surface area contributed by atoms with Gasteiger partial charge in [-0.15, -0.1) is 0 Å². The number of amides is 3. The van der Waals surface area contributed by atoms with E-state index in [9.17, 15) is 14.4 Å². The molecular weight excluding hydrogens is 498 g/mol. The van der Waals surface area contributed by atoms with E-state index in [1.54, 1.807) is 52.0 Å². The quantitative estimate of drug-likeness (QED) is 0.262. The highest BCUT2D eigenvalue weighted by Gasteiger charge is 2.36. The summed E-state index contributed by atoms with van der Waals surface area (Å²) in [6.07, 6.45) is 4.99.